The molecule has 1 aliphatic heterocycles. The number of carbonyl (C=O) groups is 2. The van der Waals surface area contributed by atoms with Crippen molar-refractivity contribution < 1.29 is 19.4 Å². The number of nitrogens with zero attached hydrogens (tertiary/aromatic N) is 2. The lowest BCUT2D eigenvalue weighted by molar-refractivity contribution is -0.145. The quantitative estimate of drug-likeness (QED) is 0.828. The first kappa shape index (κ1) is 19.4. The molecule has 27 heavy (non-hydrogen) atoms. The first-order valence-electron chi connectivity index (χ1n) is 9.67. The number of hydrogen-bond acceptors (Lipinski definition) is 4. The van der Waals surface area contributed by atoms with E-state index in [-0.39, 0.29) is 24.3 Å². The summed E-state index contributed by atoms with van der Waals surface area (Å²) >= 11 is 0. The van der Waals surface area contributed by atoms with Gasteiger partial charge in [0.05, 0.1) is 12.0 Å². The third kappa shape index (κ3) is 3.84. The van der Waals surface area contributed by atoms with Gasteiger partial charge in [-0.05, 0) is 36.8 Å². The maximum atomic E-state index is 12.1. The molecule has 1 aliphatic carbocycles. The Hall–Kier alpha value is -2.37. The summed E-state index contributed by atoms with van der Waals surface area (Å²) in [7, 11) is 0. The minimum atomic E-state index is -0.868. The van der Waals surface area contributed by atoms with Crippen molar-refractivity contribution >= 4 is 17.8 Å². The molecule has 1 aromatic carbocycles. The van der Waals surface area contributed by atoms with Crippen LogP contribution in [0, 0.1) is 11.8 Å². The molecule has 1 fully saturated rings. The Balaban J connectivity index is 1.79. The van der Waals surface area contributed by atoms with Gasteiger partial charge in [0.25, 0.3) is 5.91 Å². The largest absolute Gasteiger partial charge is 0.481 e. The molecule has 6 heteroatoms. The van der Waals surface area contributed by atoms with Gasteiger partial charge in [0.2, 0.25) is 5.90 Å². The van der Waals surface area contributed by atoms with E-state index in [9.17, 15) is 14.7 Å². The molecule has 0 spiro atoms. The number of hydrogen-bond donors (Lipinski definition) is 1. The zero-order chi connectivity index (χ0) is 19.6. The van der Waals surface area contributed by atoms with Crippen LogP contribution in [0.4, 0.5) is 0 Å². The highest BCUT2D eigenvalue weighted by atomic mass is 16.5. The highest BCUT2D eigenvalue weighted by Crippen LogP contribution is 2.42. The smallest absolute Gasteiger partial charge is 0.314 e. The van der Waals surface area contributed by atoms with Gasteiger partial charge in [0, 0.05) is 5.92 Å². The molecule has 2 aliphatic rings. The molecule has 146 valence electrons. The first-order valence-corrected chi connectivity index (χ1v) is 9.67. The Morgan fingerprint density at radius 2 is 1.93 bits per heavy atom. The molecule has 6 nitrogen and oxygen atoms in total. The number of carboxylic acid groups (broad SMARTS) is 1. The summed E-state index contributed by atoms with van der Waals surface area (Å²) in [4.78, 5) is 24.1. The molecular formula is C21H28N2O4. The van der Waals surface area contributed by atoms with Crippen LogP contribution in [0.3, 0.4) is 0 Å². The molecule has 1 N–H and O–H groups in total. The molecule has 3 rings (SSSR count). The Bertz CT molecular complexity index is 735. The second-order valence-corrected chi connectivity index (χ2v) is 8.02. The van der Waals surface area contributed by atoms with E-state index < -0.39 is 11.4 Å². The second kappa shape index (κ2) is 7.71. The van der Waals surface area contributed by atoms with Crippen LogP contribution in [0.1, 0.15) is 57.6 Å². The van der Waals surface area contributed by atoms with Gasteiger partial charge in [-0.25, -0.2) is 5.01 Å². The Kier molecular flexibility index (Phi) is 5.53. The van der Waals surface area contributed by atoms with Gasteiger partial charge in [0.1, 0.15) is 0 Å². The maximum Gasteiger partial charge on any atom is 0.314 e. The van der Waals surface area contributed by atoms with Crippen LogP contribution in [-0.2, 0) is 26.3 Å². The number of carboxylic acids is 1. The number of aliphatic carboxylic acids is 1. The van der Waals surface area contributed by atoms with Gasteiger partial charge in [-0.2, -0.15) is 0 Å². The van der Waals surface area contributed by atoms with E-state index in [1.54, 1.807) is 0 Å². The number of ether oxygens (including phenoxy) is 1. The molecule has 1 saturated carbocycles. The third-order valence-corrected chi connectivity index (χ3v) is 5.85. The van der Waals surface area contributed by atoms with E-state index in [1.807, 2.05) is 45.0 Å². The van der Waals surface area contributed by atoms with Crippen molar-refractivity contribution in [3.8, 4) is 0 Å². The fourth-order valence-electron chi connectivity index (χ4n) is 3.99. The fraction of sp³-hybridized carbons (Fsp3) is 0.571. The third-order valence-electron chi connectivity index (χ3n) is 5.85. The first-order chi connectivity index (χ1) is 12.8. The summed E-state index contributed by atoms with van der Waals surface area (Å²) in [6.45, 7) is 6.14. The monoisotopic (exact) mass is 372 g/mol. The SMILES string of the molecule is CC(C)C1=NN(Cc2ccc(C(C)(C(=O)O)C3CCCC3)cc2)C(=O)CO1. The van der Waals surface area contributed by atoms with Crippen molar-refractivity contribution in [1.82, 2.24) is 5.01 Å². The number of benzene rings is 1. The average molecular weight is 372 g/mol. The summed E-state index contributed by atoms with van der Waals surface area (Å²) in [5.41, 5.74) is 0.873. The standard InChI is InChI=1S/C21H28N2O4/c1-14(2)19-22-23(18(24)13-27-19)12-15-8-10-17(11-9-15)21(3,20(25)26)16-6-4-5-7-16/h8-11,14,16H,4-7,12-13H2,1-3H3,(H,25,26). The summed E-state index contributed by atoms with van der Waals surface area (Å²) in [5.74, 6) is -0.0991. The van der Waals surface area contributed by atoms with Crippen LogP contribution in [0.15, 0.2) is 29.4 Å². The van der Waals surface area contributed by atoms with E-state index in [0.717, 1.165) is 36.8 Å². The molecule has 0 bridgehead atoms. The van der Waals surface area contributed by atoms with Crippen LogP contribution in [0.2, 0.25) is 0 Å². The fourth-order valence-corrected chi connectivity index (χ4v) is 3.99. The highest BCUT2D eigenvalue weighted by molar-refractivity contribution is 5.87. The molecular weight excluding hydrogens is 344 g/mol. The van der Waals surface area contributed by atoms with Crippen LogP contribution in [-0.4, -0.2) is 34.5 Å². The van der Waals surface area contributed by atoms with Crippen molar-refractivity contribution in [3.63, 3.8) is 0 Å². The molecule has 0 aromatic heterocycles. The van der Waals surface area contributed by atoms with Gasteiger partial charge in [-0.15, -0.1) is 5.10 Å². The maximum absolute atomic E-state index is 12.1. The lowest BCUT2D eigenvalue weighted by Gasteiger charge is -2.32. The topological polar surface area (TPSA) is 79.2 Å². The van der Waals surface area contributed by atoms with Crippen LogP contribution >= 0.6 is 0 Å². The van der Waals surface area contributed by atoms with Crippen LogP contribution in [0.25, 0.3) is 0 Å². The molecule has 1 aromatic rings. The van der Waals surface area contributed by atoms with E-state index in [1.165, 1.54) is 5.01 Å². The van der Waals surface area contributed by atoms with Gasteiger partial charge >= 0.3 is 5.97 Å². The van der Waals surface area contributed by atoms with Crippen molar-refractivity contribution in [2.75, 3.05) is 6.61 Å². The summed E-state index contributed by atoms with van der Waals surface area (Å²) in [6.07, 6.45) is 4.11. The number of carbonyl (C=O) groups excluding carboxylic acids is 1. The number of rotatable bonds is 6. The van der Waals surface area contributed by atoms with Crippen LogP contribution < -0.4 is 0 Å². The summed E-state index contributed by atoms with van der Waals surface area (Å²) in [5, 5.41) is 15.6. The minimum absolute atomic E-state index is 0.00780. The number of amides is 1. The summed E-state index contributed by atoms with van der Waals surface area (Å²) in [6, 6.07) is 7.58. The van der Waals surface area contributed by atoms with E-state index in [4.69, 9.17) is 4.74 Å². The minimum Gasteiger partial charge on any atom is -0.481 e. The molecule has 1 atom stereocenters. The van der Waals surface area contributed by atoms with E-state index >= 15 is 0 Å². The molecule has 0 saturated heterocycles. The van der Waals surface area contributed by atoms with E-state index in [0.29, 0.717) is 12.4 Å². The van der Waals surface area contributed by atoms with Crippen molar-refractivity contribution in [3.05, 3.63) is 35.4 Å². The Labute approximate surface area is 160 Å². The molecule has 1 unspecified atom stereocenters. The Morgan fingerprint density at radius 1 is 1.30 bits per heavy atom. The zero-order valence-electron chi connectivity index (χ0n) is 16.3. The van der Waals surface area contributed by atoms with Gasteiger partial charge in [0.15, 0.2) is 6.61 Å². The predicted molar refractivity (Wildman–Crippen MR) is 102 cm³/mol. The van der Waals surface area contributed by atoms with Crippen molar-refractivity contribution in [2.24, 2.45) is 16.9 Å². The summed E-state index contributed by atoms with van der Waals surface area (Å²) < 4.78 is 5.36. The van der Waals surface area contributed by atoms with Crippen LogP contribution in [0.5, 0.6) is 0 Å². The van der Waals surface area contributed by atoms with Crippen molar-refractivity contribution in [1.29, 1.82) is 0 Å². The average Bonchev–Trinajstić information content (AvgIpc) is 3.18. The number of hydrazone groups is 1. The van der Waals surface area contributed by atoms with E-state index in [2.05, 4.69) is 5.10 Å². The van der Waals surface area contributed by atoms with Crippen molar-refractivity contribution in [2.45, 2.75) is 58.4 Å². The second-order valence-electron chi connectivity index (χ2n) is 8.02. The lowest BCUT2D eigenvalue weighted by atomic mass is 9.71. The highest BCUT2D eigenvalue weighted by Gasteiger charge is 2.44. The lowest BCUT2D eigenvalue weighted by Crippen LogP contribution is -2.39. The Morgan fingerprint density at radius 3 is 2.48 bits per heavy atom. The zero-order valence-corrected chi connectivity index (χ0v) is 16.3. The normalized spacial score (nSPS) is 20.4. The van der Waals surface area contributed by atoms with Gasteiger partial charge in [-0.3, -0.25) is 9.59 Å². The molecule has 0 radical (unpaired) electrons. The predicted octanol–water partition coefficient (Wildman–Crippen LogP) is 3.55. The van der Waals surface area contributed by atoms with Gasteiger partial charge in [-0.1, -0.05) is 51.0 Å². The molecule has 1 amide bonds. The van der Waals surface area contributed by atoms with Gasteiger partial charge < -0.3 is 9.84 Å². The molecule has 1 heterocycles.